The van der Waals surface area contributed by atoms with Crippen LogP contribution >= 0.6 is 50.5 Å². The number of hydrogen-bond acceptors (Lipinski definition) is 3. The maximum absolute atomic E-state index is 5.96. The fraction of sp³-hybridized carbons (Fsp3) is 0.167. The van der Waals surface area contributed by atoms with Crippen LogP contribution < -0.4 is 0 Å². The molecule has 3 nitrogen and oxygen atoms in total. The van der Waals surface area contributed by atoms with Gasteiger partial charge in [0.15, 0.2) is 5.65 Å². The van der Waals surface area contributed by atoms with Gasteiger partial charge in [0.1, 0.15) is 11.3 Å². The first-order valence-corrected chi connectivity index (χ1v) is 8.05. The monoisotopic (exact) mass is 375 g/mol. The van der Waals surface area contributed by atoms with E-state index in [1.807, 2.05) is 4.57 Å². The molecule has 0 atom stereocenters. The minimum atomic E-state index is 0.348. The van der Waals surface area contributed by atoms with Crippen molar-refractivity contribution in [2.75, 3.05) is 0 Å². The van der Waals surface area contributed by atoms with E-state index in [0.717, 1.165) is 21.5 Å². The lowest BCUT2D eigenvalue weighted by Gasteiger charge is -2.04. The number of rotatable bonds is 3. The lowest BCUT2D eigenvalue weighted by atomic mass is 10.4. The van der Waals surface area contributed by atoms with Gasteiger partial charge in [0.05, 0.1) is 17.4 Å². The van der Waals surface area contributed by atoms with Crippen LogP contribution in [-0.4, -0.2) is 14.5 Å². The van der Waals surface area contributed by atoms with Crippen LogP contribution in [0.2, 0.25) is 5.02 Å². The summed E-state index contributed by atoms with van der Waals surface area (Å²) in [4.78, 5) is 10.0. The Morgan fingerprint density at radius 1 is 1.37 bits per heavy atom. The molecule has 19 heavy (non-hydrogen) atoms. The fourth-order valence-corrected chi connectivity index (χ4v) is 3.69. The average molecular weight is 377 g/mol. The molecule has 0 aromatic carbocycles. The standard InChI is InChI=1S/C12H8BrCl2N3S/c13-7-1-9(19-6-7)5-18-11(3-14)17-10-2-8(15)4-16-12(10)18/h1-2,4,6H,3,5H2. The number of aromatic nitrogens is 3. The molecule has 0 radical (unpaired) electrons. The number of halogens is 3. The zero-order valence-electron chi connectivity index (χ0n) is 9.61. The largest absolute Gasteiger partial charge is 0.306 e. The molecule has 0 saturated carbocycles. The van der Waals surface area contributed by atoms with Crippen molar-refractivity contribution in [3.8, 4) is 0 Å². The first-order valence-electron chi connectivity index (χ1n) is 5.47. The molecular weight excluding hydrogens is 369 g/mol. The second-order valence-corrected chi connectivity index (χ2v) is 6.59. The van der Waals surface area contributed by atoms with Crippen LogP contribution in [0, 0.1) is 0 Å². The van der Waals surface area contributed by atoms with Gasteiger partial charge in [0, 0.05) is 20.9 Å². The van der Waals surface area contributed by atoms with Gasteiger partial charge in [-0.1, -0.05) is 11.6 Å². The van der Waals surface area contributed by atoms with Crippen molar-refractivity contribution in [3.63, 3.8) is 0 Å². The molecule has 0 saturated heterocycles. The van der Waals surface area contributed by atoms with E-state index in [0.29, 0.717) is 17.4 Å². The van der Waals surface area contributed by atoms with Crippen LogP contribution in [0.1, 0.15) is 10.7 Å². The van der Waals surface area contributed by atoms with E-state index < -0.39 is 0 Å². The van der Waals surface area contributed by atoms with Gasteiger partial charge >= 0.3 is 0 Å². The molecule has 3 aromatic rings. The van der Waals surface area contributed by atoms with Gasteiger partial charge in [-0.3, -0.25) is 0 Å². The predicted molar refractivity (Wildman–Crippen MR) is 83.2 cm³/mol. The summed E-state index contributed by atoms with van der Waals surface area (Å²) in [5.74, 6) is 1.15. The minimum Gasteiger partial charge on any atom is -0.306 e. The van der Waals surface area contributed by atoms with Gasteiger partial charge in [0.25, 0.3) is 0 Å². The molecule has 0 aliphatic carbocycles. The molecule has 0 aliphatic heterocycles. The molecule has 0 bridgehead atoms. The third-order valence-corrected chi connectivity index (χ3v) is 4.81. The summed E-state index contributed by atoms with van der Waals surface area (Å²) < 4.78 is 3.11. The summed E-state index contributed by atoms with van der Waals surface area (Å²) in [5, 5.41) is 2.64. The zero-order chi connectivity index (χ0) is 13.4. The van der Waals surface area contributed by atoms with Crippen LogP contribution in [0.25, 0.3) is 11.2 Å². The number of hydrogen-bond donors (Lipinski definition) is 0. The van der Waals surface area contributed by atoms with Crippen LogP contribution in [0.5, 0.6) is 0 Å². The SMILES string of the molecule is ClCc1nc2cc(Cl)cnc2n1Cc1cc(Br)cs1. The molecule has 0 amide bonds. The third-order valence-electron chi connectivity index (χ3n) is 2.69. The highest BCUT2D eigenvalue weighted by Gasteiger charge is 2.12. The van der Waals surface area contributed by atoms with Gasteiger partial charge in [-0.05, 0) is 28.1 Å². The number of thiophene rings is 1. The van der Waals surface area contributed by atoms with E-state index in [4.69, 9.17) is 23.2 Å². The fourth-order valence-electron chi connectivity index (χ4n) is 1.89. The van der Waals surface area contributed by atoms with Crippen molar-refractivity contribution in [1.29, 1.82) is 0 Å². The predicted octanol–water partition coefficient (Wildman–Crippen LogP) is 4.70. The summed E-state index contributed by atoms with van der Waals surface area (Å²) in [6, 6.07) is 3.89. The van der Waals surface area contributed by atoms with Gasteiger partial charge in [-0.15, -0.1) is 22.9 Å². The lowest BCUT2D eigenvalue weighted by molar-refractivity contribution is 0.780. The molecule has 0 N–H and O–H groups in total. The number of imidazole rings is 1. The smallest absolute Gasteiger partial charge is 0.160 e. The number of pyridine rings is 1. The Morgan fingerprint density at radius 3 is 2.89 bits per heavy atom. The van der Waals surface area contributed by atoms with Crippen LogP contribution in [0.4, 0.5) is 0 Å². The minimum absolute atomic E-state index is 0.348. The highest BCUT2D eigenvalue weighted by molar-refractivity contribution is 9.10. The van der Waals surface area contributed by atoms with Crippen LogP contribution in [-0.2, 0) is 12.4 Å². The summed E-state index contributed by atoms with van der Waals surface area (Å²) in [6.45, 7) is 0.712. The Kier molecular flexibility index (Phi) is 3.80. The first-order chi connectivity index (χ1) is 9.17. The van der Waals surface area contributed by atoms with Gasteiger partial charge in [-0.25, -0.2) is 9.97 Å². The summed E-state index contributed by atoms with van der Waals surface area (Å²) in [5.41, 5.74) is 1.59. The summed E-state index contributed by atoms with van der Waals surface area (Å²) >= 11 is 17.0. The van der Waals surface area contributed by atoms with Crippen molar-refractivity contribution in [3.05, 3.63) is 43.9 Å². The highest BCUT2D eigenvalue weighted by atomic mass is 79.9. The Morgan fingerprint density at radius 2 is 2.21 bits per heavy atom. The Hall–Kier alpha value is -0.620. The van der Waals surface area contributed by atoms with E-state index in [-0.39, 0.29) is 0 Å². The van der Waals surface area contributed by atoms with Crippen LogP contribution in [0.15, 0.2) is 28.2 Å². The number of fused-ring (bicyclic) bond motifs is 1. The second-order valence-electron chi connectivity index (χ2n) is 3.98. The first kappa shape index (κ1) is 13.4. The normalized spacial score (nSPS) is 11.3. The van der Waals surface area contributed by atoms with E-state index in [2.05, 4.69) is 37.3 Å². The molecule has 3 rings (SSSR count). The summed E-state index contributed by atoms with van der Waals surface area (Å²) in [6.07, 6.45) is 1.63. The molecule has 0 unspecified atom stereocenters. The van der Waals surface area contributed by atoms with E-state index in [9.17, 15) is 0 Å². The van der Waals surface area contributed by atoms with E-state index in [1.54, 1.807) is 23.6 Å². The zero-order valence-corrected chi connectivity index (χ0v) is 13.5. The van der Waals surface area contributed by atoms with Crippen molar-refractivity contribution in [1.82, 2.24) is 14.5 Å². The second kappa shape index (κ2) is 5.40. The molecule has 3 heterocycles. The average Bonchev–Trinajstić information content (AvgIpc) is 2.94. The Labute approximate surface area is 132 Å². The number of alkyl halides is 1. The lowest BCUT2D eigenvalue weighted by Crippen LogP contribution is -2.03. The molecule has 7 heteroatoms. The molecule has 98 valence electrons. The maximum atomic E-state index is 5.96. The summed E-state index contributed by atoms with van der Waals surface area (Å²) in [7, 11) is 0. The quantitative estimate of drug-likeness (QED) is 0.620. The van der Waals surface area contributed by atoms with Gasteiger partial charge in [0.2, 0.25) is 0 Å². The molecular formula is C12H8BrCl2N3S. The highest BCUT2D eigenvalue weighted by Crippen LogP contribution is 2.24. The van der Waals surface area contributed by atoms with Crippen molar-refractivity contribution < 1.29 is 0 Å². The third kappa shape index (κ3) is 2.65. The Bertz CT molecular complexity index is 738. The molecule has 3 aromatic heterocycles. The van der Waals surface area contributed by atoms with Crippen molar-refractivity contribution >= 4 is 61.6 Å². The Balaban J connectivity index is 2.10. The topological polar surface area (TPSA) is 30.7 Å². The molecule has 0 aliphatic rings. The van der Waals surface area contributed by atoms with Gasteiger partial charge in [-0.2, -0.15) is 0 Å². The van der Waals surface area contributed by atoms with Crippen LogP contribution in [0.3, 0.4) is 0 Å². The maximum Gasteiger partial charge on any atom is 0.160 e. The molecule has 0 spiro atoms. The van der Waals surface area contributed by atoms with E-state index >= 15 is 0 Å². The van der Waals surface area contributed by atoms with Crippen molar-refractivity contribution in [2.24, 2.45) is 0 Å². The van der Waals surface area contributed by atoms with Crippen molar-refractivity contribution in [2.45, 2.75) is 12.4 Å². The molecule has 0 fully saturated rings. The van der Waals surface area contributed by atoms with E-state index in [1.165, 1.54) is 4.88 Å². The van der Waals surface area contributed by atoms with Gasteiger partial charge < -0.3 is 4.57 Å². The number of nitrogens with zero attached hydrogens (tertiary/aromatic N) is 3.